The first-order valence-electron chi connectivity index (χ1n) is 9.17. The second kappa shape index (κ2) is 8.31. The van der Waals surface area contributed by atoms with E-state index in [-0.39, 0.29) is 24.3 Å². The molecule has 2 aliphatic heterocycles. The van der Waals surface area contributed by atoms with Crippen molar-refractivity contribution in [3.05, 3.63) is 29.8 Å². The van der Waals surface area contributed by atoms with Crippen molar-refractivity contribution in [2.75, 3.05) is 24.5 Å². The number of amides is 3. The molecule has 0 aromatic heterocycles. The van der Waals surface area contributed by atoms with Gasteiger partial charge < -0.3 is 20.2 Å². The van der Waals surface area contributed by atoms with Gasteiger partial charge in [0, 0.05) is 31.7 Å². The monoisotopic (exact) mass is 359 g/mol. The highest BCUT2D eigenvalue weighted by Crippen LogP contribution is 2.22. The van der Waals surface area contributed by atoms with Gasteiger partial charge in [-0.05, 0) is 43.4 Å². The maximum atomic E-state index is 12.2. The molecule has 2 fully saturated rings. The van der Waals surface area contributed by atoms with E-state index >= 15 is 0 Å². The molecule has 0 bridgehead atoms. The number of nitrogens with one attached hydrogen (secondary N) is 1. The number of hydrogen-bond acceptors (Lipinski definition) is 4. The Labute approximate surface area is 153 Å². The van der Waals surface area contributed by atoms with Crippen molar-refractivity contribution in [1.29, 1.82) is 0 Å². The fourth-order valence-electron chi connectivity index (χ4n) is 3.43. The van der Waals surface area contributed by atoms with Crippen molar-refractivity contribution in [2.24, 2.45) is 0 Å². The predicted molar refractivity (Wildman–Crippen MR) is 96.3 cm³/mol. The molecule has 3 amide bonds. The second-order valence-corrected chi connectivity index (χ2v) is 6.87. The van der Waals surface area contributed by atoms with E-state index in [0.717, 1.165) is 37.1 Å². The Hall–Kier alpha value is -2.41. The lowest BCUT2D eigenvalue weighted by atomic mass is 10.2. The molecule has 140 valence electrons. The number of hydrogen-bond donors (Lipinski definition) is 2. The fraction of sp³-hybridized carbons (Fsp3) is 0.526. The molecular weight excluding hydrogens is 334 g/mol. The molecule has 26 heavy (non-hydrogen) atoms. The van der Waals surface area contributed by atoms with Crippen LogP contribution in [-0.2, 0) is 20.9 Å². The summed E-state index contributed by atoms with van der Waals surface area (Å²) in [5.41, 5.74) is 1.75. The molecule has 1 atom stereocenters. The van der Waals surface area contributed by atoms with Crippen molar-refractivity contribution >= 4 is 23.4 Å². The Kier molecular flexibility index (Phi) is 5.88. The van der Waals surface area contributed by atoms with Gasteiger partial charge in [-0.1, -0.05) is 12.1 Å². The number of carbonyl (C=O) groups excluding carboxylic acids is 3. The first-order valence-corrected chi connectivity index (χ1v) is 9.17. The predicted octanol–water partition coefficient (Wildman–Crippen LogP) is 0.803. The van der Waals surface area contributed by atoms with Crippen LogP contribution in [0.25, 0.3) is 0 Å². The third-order valence-electron chi connectivity index (χ3n) is 4.87. The Morgan fingerprint density at radius 1 is 1.19 bits per heavy atom. The number of rotatable bonds is 5. The van der Waals surface area contributed by atoms with Gasteiger partial charge in [-0.3, -0.25) is 14.4 Å². The van der Waals surface area contributed by atoms with Gasteiger partial charge in [-0.15, -0.1) is 0 Å². The van der Waals surface area contributed by atoms with Gasteiger partial charge in [0.1, 0.15) is 6.10 Å². The SMILES string of the molecule is O=C(CN1CCCCC(O)C1=O)NCc1cccc(N2CCCC2=O)c1. The van der Waals surface area contributed by atoms with E-state index in [1.807, 2.05) is 24.3 Å². The summed E-state index contributed by atoms with van der Waals surface area (Å²) in [4.78, 5) is 39.3. The Morgan fingerprint density at radius 3 is 2.81 bits per heavy atom. The molecule has 2 heterocycles. The molecular formula is C19H25N3O4. The van der Waals surface area contributed by atoms with Gasteiger partial charge in [0.2, 0.25) is 11.8 Å². The van der Waals surface area contributed by atoms with Crippen molar-refractivity contribution in [2.45, 2.75) is 44.8 Å². The lowest BCUT2D eigenvalue weighted by Crippen LogP contribution is -2.44. The molecule has 7 heteroatoms. The van der Waals surface area contributed by atoms with Crippen molar-refractivity contribution in [3.63, 3.8) is 0 Å². The highest BCUT2D eigenvalue weighted by atomic mass is 16.3. The van der Waals surface area contributed by atoms with Crippen molar-refractivity contribution in [1.82, 2.24) is 10.2 Å². The Balaban J connectivity index is 1.54. The van der Waals surface area contributed by atoms with Crippen LogP contribution in [0.15, 0.2) is 24.3 Å². The molecule has 2 N–H and O–H groups in total. The first-order chi connectivity index (χ1) is 12.5. The third-order valence-corrected chi connectivity index (χ3v) is 4.87. The minimum absolute atomic E-state index is 0.0415. The first kappa shape index (κ1) is 18.4. The number of carbonyl (C=O) groups is 3. The Morgan fingerprint density at radius 2 is 2.04 bits per heavy atom. The van der Waals surface area contributed by atoms with Gasteiger partial charge in [0.15, 0.2) is 0 Å². The van der Waals surface area contributed by atoms with E-state index in [1.165, 1.54) is 4.90 Å². The summed E-state index contributed by atoms with van der Waals surface area (Å²) in [6.45, 7) is 1.52. The highest BCUT2D eigenvalue weighted by Gasteiger charge is 2.26. The van der Waals surface area contributed by atoms with E-state index in [4.69, 9.17) is 0 Å². The topological polar surface area (TPSA) is 89.9 Å². The number of nitrogens with zero attached hydrogens (tertiary/aromatic N) is 2. The molecule has 0 aliphatic carbocycles. The maximum Gasteiger partial charge on any atom is 0.251 e. The molecule has 1 unspecified atom stereocenters. The van der Waals surface area contributed by atoms with Gasteiger partial charge >= 0.3 is 0 Å². The maximum absolute atomic E-state index is 12.2. The van der Waals surface area contributed by atoms with Crippen LogP contribution in [-0.4, -0.2) is 53.5 Å². The summed E-state index contributed by atoms with van der Waals surface area (Å²) in [5.74, 6) is -0.494. The zero-order chi connectivity index (χ0) is 18.5. The van der Waals surface area contributed by atoms with Gasteiger partial charge in [-0.25, -0.2) is 0 Å². The van der Waals surface area contributed by atoms with Gasteiger partial charge in [-0.2, -0.15) is 0 Å². The summed E-state index contributed by atoms with van der Waals surface area (Å²) in [7, 11) is 0. The third kappa shape index (κ3) is 4.40. The smallest absolute Gasteiger partial charge is 0.251 e. The minimum Gasteiger partial charge on any atom is -0.383 e. The Bertz CT molecular complexity index is 691. The molecule has 3 rings (SSSR count). The normalized spacial score (nSPS) is 21.0. The molecule has 1 aromatic carbocycles. The largest absolute Gasteiger partial charge is 0.383 e. The van der Waals surface area contributed by atoms with Crippen molar-refractivity contribution < 1.29 is 19.5 Å². The minimum atomic E-state index is -1.00. The quantitative estimate of drug-likeness (QED) is 0.814. The van der Waals surface area contributed by atoms with Crippen LogP contribution in [0.5, 0.6) is 0 Å². The van der Waals surface area contributed by atoms with E-state index in [9.17, 15) is 19.5 Å². The van der Waals surface area contributed by atoms with Crippen LogP contribution in [0.3, 0.4) is 0 Å². The molecule has 0 spiro atoms. The van der Waals surface area contributed by atoms with Gasteiger partial charge in [0.25, 0.3) is 5.91 Å². The van der Waals surface area contributed by atoms with Crippen LogP contribution in [0.2, 0.25) is 0 Å². The standard InChI is InChI=1S/C19H25N3O4/c23-16-7-1-2-9-21(19(16)26)13-17(24)20-12-14-5-3-6-15(11-14)22-10-4-8-18(22)25/h3,5-6,11,16,23H,1-2,4,7-10,12-13H2,(H,20,24). The number of likely N-dealkylation sites (tertiary alicyclic amines) is 1. The van der Waals surface area contributed by atoms with Crippen LogP contribution < -0.4 is 10.2 Å². The van der Waals surface area contributed by atoms with Crippen LogP contribution in [0, 0.1) is 0 Å². The lowest BCUT2D eigenvalue weighted by molar-refractivity contribution is -0.142. The summed E-state index contributed by atoms with van der Waals surface area (Å²) < 4.78 is 0. The molecule has 2 saturated heterocycles. The van der Waals surface area contributed by atoms with E-state index in [1.54, 1.807) is 4.90 Å². The summed E-state index contributed by atoms with van der Waals surface area (Å²) in [6, 6.07) is 7.57. The number of benzene rings is 1. The van der Waals surface area contributed by atoms with Crippen LogP contribution in [0.4, 0.5) is 5.69 Å². The van der Waals surface area contributed by atoms with E-state index in [0.29, 0.717) is 25.9 Å². The van der Waals surface area contributed by atoms with Crippen LogP contribution in [0.1, 0.15) is 37.7 Å². The molecule has 1 aromatic rings. The average molecular weight is 359 g/mol. The van der Waals surface area contributed by atoms with Crippen LogP contribution >= 0.6 is 0 Å². The number of aliphatic hydroxyl groups is 1. The lowest BCUT2D eigenvalue weighted by Gasteiger charge is -2.21. The second-order valence-electron chi connectivity index (χ2n) is 6.87. The summed E-state index contributed by atoms with van der Waals surface area (Å²) in [5, 5.41) is 12.6. The van der Waals surface area contributed by atoms with Crippen molar-refractivity contribution in [3.8, 4) is 0 Å². The summed E-state index contributed by atoms with van der Waals surface area (Å²) >= 11 is 0. The van der Waals surface area contributed by atoms with E-state index in [2.05, 4.69) is 5.32 Å². The zero-order valence-corrected chi connectivity index (χ0v) is 14.8. The number of anilines is 1. The highest BCUT2D eigenvalue weighted by molar-refractivity contribution is 5.95. The number of aliphatic hydroxyl groups excluding tert-OH is 1. The average Bonchev–Trinajstić information content (AvgIpc) is 3.01. The van der Waals surface area contributed by atoms with E-state index < -0.39 is 6.10 Å². The fourth-order valence-corrected chi connectivity index (χ4v) is 3.43. The van der Waals surface area contributed by atoms with Gasteiger partial charge in [0.05, 0.1) is 6.54 Å². The zero-order valence-electron chi connectivity index (χ0n) is 14.8. The molecule has 0 saturated carbocycles. The summed E-state index contributed by atoms with van der Waals surface area (Å²) in [6.07, 6.45) is 2.49. The molecule has 2 aliphatic rings. The molecule has 7 nitrogen and oxygen atoms in total. The molecule has 0 radical (unpaired) electrons.